The lowest BCUT2D eigenvalue weighted by Gasteiger charge is -2.20. The van der Waals surface area contributed by atoms with Gasteiger partial charge in [0.25, 0.3) is 11.8 Å². The Morgan fingerprint density at radius 1 is 0.587 bits per heavy atom. The van der Waals surface area contributed by atoms with E-state index in [1.54, 1.807) is 0 Å². The van der Waals surface area contributed by atoms with Gasteiger partial charge in [-0.3, -0.25) is 37.9 Å². The molecule has 2 atom stereocenters. The molecule has 4 amide bonds. The number of alkyl carbamates (subject to hydrolysis) is 1. The summed E-state index contributed by atoms with van der Waals surface area (Å²) >= 11 is 0. The minimum absolute atomic E-state index is 0.0242. The third kappa shape index (κ3) is 34.7. The van der Waals surface area contributed by atoms with Gasteiger partial charge in [0.1, 0.15) is 13.2 Å². The predicted molar refractivity (Wildman–Crippen MR) is 238 cm³/mol. The number of carbonyl (C=O) groups excluding carboxylic acids is 6. The Labute approximate surface area is 376 Å². The second-order valence-corrected chi connectivity index (χ2v) is 17.4. The summed E-state index contributed by atoms with van der Waals surface area (Å²) in [5, 5.41) is 4.95. The highest BCUT2D eigenvalue weighted by Crippen LogP contribution is 2.43. The van der Waals surface area contributed by atoms with E-state index in [4.69, 9.17) is 28.0 Å². The summed E-state index contributed by atoms with van der Waals surface area (Å²) in [6, 6.07) is 0. The smallest absolute Gasteiger partial charge is 0.462 e. The van der Waals surface area contributed by atoms with Crippen molar-refractivity contribution in [3.63, 3.8) is 0 Å². The highest BCUT2D eigenvalue weighted by molar-refractivity contribution is 7.47. The molecule has 364 valence electrons. The monoisotopic (exact) mass is 918 g/mol. The van der Waals surface area contributed by atoms with Gasteiger partial charge in [0.2, 0.25) is 5.91 Å². The molecule has 0 aromatic heterocycles. The third-order valence-electron chi connectivity index (χ3n) is 10.2. The van der Waals surface area contributed by atoms with Crippen LogP contribution >= 0.6 is 7.82 Å². The SMILES string of the molecule is CCCCCCCCCCCCCC(=O)OCC(COP(=O)(O)OCCNC(=O)OCCOCCNC(=O)CCN1C(=O)C=CC1=O)OC(=O)CCCCCCCCCCCCC. The number of hydrogen-bond donors (Lipinski definition) is 3. The molecule has 1 rings (SSSR count). The lowest BCUT2D eigenvalue weighted by atomic mass is 10.1. The number of esters is 2. The van der Waals surface area contributed by atoms with Gasteiger partial charge in [-0.15, -0.1) is 0 Å². The number of ether oxygens (including phenoxy) is 4. The molecule has 0 radical (unpaired) electrons. The van der Waals surface area contributed by atoms with Crippen LogP contribution in [0.25, 0.3) is 0 Å². The molecule has 0 aromatic carbocycles. The molecule has 18 heteroatoms. The van der Waals surface area contributed by atoms with Crippen LogP contribution in [-0.4, -0.2) is 111 Å². The molecular weight excluding hydrogens is 837 g/mol. The fourth-order valence-electron chi connectivity index (χ4n) is 6.58. The number of hydrogen-bond acceptors (Lipinski definition) is 13. The van der Waals surface area contributed by atoms with Crippen molar-refractivity contribution in [1.82, 2.24) is 15.5 Å². The van der Waals surface area contributed by atoms with E-state index < -0.39 is 57.0 Å². The van der Waals surface area contributed by atoms with Crippen LogP contribution in [0, 0.1) is 0 Å². The summed E-state index contributed by atoms with van der Waals surface area (Å²) in [4.78, 5) is 83.4. The van der Waals surface area contributed by atoms with E-state index >= 15 is 0 Å². The number of imide groups is 1. The van der Waals surface area contributed by atoms with Crippen molar-refractivity contribution >= 4 is 43.6 Å². The van der Waals surface area contributed by atoms with Gasteiger partial charge in [-0.2, -0.15) is 0 Å². The molecule has 1 heterocycles. The molecular formula is C45H80N3O14P. The van der Waals surface area contributed by atoms with Gasteiger partial charge in [-0.1, -0.05) is 142 Å². The molecule has 0 saturated carbocycles. The molecule has 1 aliphatic heterocycles. The number of amides is 4. The average molecular weight is 918 g/mol. The number of nitrogens with zero attached hydrogens (tertiary/aromatic N) is 1. The number of nitrogens with one attached hydrogen (secondary N) is 2. The summed E-state index contributed by atoms with van der Waals surface area (Å²) in [5.74, 6) is -2.24. The number of phosphoric acid groups is 1. The molecule has 0 fully saturated rings. The highest BCUT2D eigenvalue weighted by atomic mass is 31.2. The summed E-state index contributed by atoms with van der Waals surface area (Å²) in [6.07, 6.45) is 25.8. The van der Waals surface area contributed by atoms with E-state index in [2.05, 4.69) is 24.5 Å². The maximum Gasteiger partial charge on any atom is 0.472 e. The maximum atomic E-state index is 12.7. The Bertz CT molecular complexity index is 1330. The molecule has 0 aromatic rings. The lowest BCUT2D eigenvalue weighted by Crippen LogP contribution is -2.35. The third-order valence-corrected chi connectivity index (χ3v) is 11.2. The Morgan fingerprint density at radius 2 is 1.08 bits per heavy atom. The first-order chi connectivity index (χ1) is 30.5. The average Bonchev–Trinajstić information content (AvgIpc) is 3.58. The molecule has 0 spiro atoms. The zero-order valence-electron chi connectivity index (χ0n) is 38.4. The summed E-state index contributed by atoms with van der Waals surface area (Å²) in [5.41, 5.74) is 0. The van der Waals surface area contributed by atoms with Crippen molar-refractivity contribution in [2.75, 3.05) is 59.3 Å². The zero-order valence-corrected chi connectivity index (χ0v) is 39.3. The topological polar surface area (TPSA) is 222 Å². The van der Waals surface area contributed by atoms with Gasteiger partial charge >= 0.3 is 25.9 Å². The van der Waals surface area contributed by atoms with Crippen LogP contribution in [0.15, 0.2) is 12.2 Å². The first-order valence-corrected chi connectivity index (χ1v) is 25.2. The maximum absolute atomic E-state index is 12.7. The minimum Gasteiger partial charge on any atom is -0.462 e. The molecule has 63 heavy (non-hydrogen) atoms. The minimum atomic E-state index is -4.66. The molecule has 0 saturated heterocycles. The van der Waals surface area contributed by atoms with E-state index in [1.807, 2.05) is 0 Å². The van der Waals surface area contributed by atoms with Gasteiger partial charge in [0.05, 0.1) is 26.4 Å². The van der Waals surface area contributed by atoms with Gasteiger partial charge in [0, 0.05) is 51.0 Å². The second-order valence-electron chi connectivity index (χ2n) is 15.9. The Balaban J connectivity index is 2.33. The van der Waals surface area contributed by atoms with E-state index in [0.29, 0.717) is 12.8 Å². The van der Waals surface area contributed by atoms with Gasteiger partial charge < -0.3 is 34.5 Å². The fraction of sp³-hybridized carbons (Fsp3) is 0.822. The molecule has 0 aliphatic carbocycles. The van der Waals surface area contributed by atoms with Crippen molar-refractivity contribution < 1.29 is 66.2 Å². The quantitative estimate of drug-likeness (QED) is 0.0173. The van der Waals surface area contributed by atoms with E-state index in [-0.39, 0.29) is 71.2 Å². The van der Waals surface area contributed by atoms with Crippen molar-refractivity contribution in [3.8, 4) is 0 Å². The van der Waals surface area contributed by atoms with Crippen LogP contribution in [0.2, 0.25) is 0 Å². The molecule has 1 aliphatic rings. The lowest BCUT2D eigenvalue weighted by molar-refractivity contribution is -0.161. The van der Waals surface area contributed by atoms with Crippen molar-refractivity contribution in [3.05, 3.63) is 12.2 Å². The van der Waals surface area contributed by atoms with E-state index in [9.17, 15) is 38.2 Å². The Hall–Kier alpha value is -3.37. The number of carbonyl (C=O) groups is 6. The molecule has 17 nitrogen and oxygen atoms in total. The largest absolute Gasteiger partial charge is 0.472 e. The standard InChI is InChI=1S/C45H80N3O14P/c1-3-5-7-9-11-13-15-17-19-21-23-25-43(52)59-37-39(62-44(53)26-24-22-20-18-16-14-12-10-8-6-4-2)38-61-63(55,56)60-34-31-47-45(54)58-36-35-57-33-30-46-40(49)29-32-48-41(50)27-28-42(48)51/h27-28,39H,3-26,29-38H2,1-2H3,(H,46,49)(H,47,54)(H,55,56). The van der Waals surface area contributed by atoms with E-state index in [0.717, 1.165) is 55.6 Å². The van der Waals surface area contributed by atoms with Crippen LogP contribution in [0.4, 0.5) is 4.79 Å². The highest BCUT2D eigenvalue weighted by Gasteiger charge is 2.26. The normalized spacial score (nSPS) is 13.8. The fourth-order valence-corrected chi connectivity index (χ4v) is 7.33. The first-order valence-electron chi connectivity index (χ1n) is 23.7. The van der Waals surface area contributed by atoms with Gasteiger partial charge in [0.15, 0.2) is 6.10 Å². The van der Waals surface area contributed by atoms with E-state index in [1.165, 1.54) is 89.9 Å². The first kappa shape index (κ1) is 57.6. The van der Waals surface area contributed by atoms with Crippen molar-refractivity contribution in [2.24, 2.45) is 0 Å². The van der Waals surface area contributed by atoms with Crippen molar-refractivity contribution in [1.29, 1.82) is 0 Å². The van der Waals surface area contributed by atoms with Crippen LogP contribution < -0.4 is 10.6 Å². The van der Waals surface area contributed by atoms with Crippen LogP contribution in [0.5, 0.6) is 0 Å². The van der Waals surface area contributed by atoms with Gasteiger partial charge in [-0.05, 0) is 12.8 Å². The summed E-state index contributed by atoms with van der Waals surface area (Å²) in [7, 11) is -4.66. The van der Waals surface area contributed by atoms with Gasteiger partial charge in [-0.25, -0.2) is 9.36 Å². The predicted octanol–water partition coefficient (Wildman–Crippen LogP) is 8.15. The molecule has 2 unspecified atom stereocenters. The molecule has 0 bridgehead atoms. The second kappa shape index (κ2) is 39.0. The van der Waals surface area contributed by atoms with Crippen LogP contribution in [0.1, 0.15) is 174 Å². The van der Waals surface area contributed by atoms with Crippen LogP contribution in [0.3, 0.4) is 0 Å². The van der Waals surface area contributed by atoms with Crippen molar-refractivity contribution in [2.45, 2.75) is 180 Å². The summed E-state index contributed by atoms with van der Waals surface area (Å²) in [6.45, 7) is 3.11. The Morgan fingerprint density at radius 3 is 1.62 bits per heavy atom. The van der Waals surface area contributed by atoms with Crippen LogP contribution in [-0.2, 0) is 56.5 Å². The zero-order chi connectivity index (χ0) is 46.2. The number of phosphoric ester groups is 1. The summed E-state index contributed by atoms with van der Waals surface area (Å²) < 4.78 is 43.8. The number of unbranched alkanes of at least 4 members (excludes halogenated alkanes) is 20. The Kier molecular flexibility index (Phi) is 35.7. The number of rotatable bonds is 43. The molecule has 3 N–H and O–H groups in total.